The lowest BCUT2D eigenvalue weighted by Crippen LogP contribution is -2.19. The van der Waals surface area contributed by atoms with Gasteiger partial charge in [0.1, 0.15) is 6.61 Å². The number of halogens is 1. The number of amides is 1. The lowest BCUT2D eigenvalue weighted by Gasteiger charge is -2.06. The van der Waals surface area contributed by atoms with Crippen molar-refractivity contribution in [2.45, 2.75) is 0 Å². The van der Waals surface area contributed by atoms with E-state index in [1.807, 2.05) is 0 Å². The number of ether oxygens (including phenoxy) is 1. The molecule has 0 saturated heterocycles. The highest BCUT2D eigenvalue weighted by molar-refractivity contribution is 5.64. The van der Waals surface area contributed by atoms with Crippen molar-refractivity contribution in [2.75, 3.05) is 24.2 Å². The van der Waals surface area contributed by atoms with Gasteiger partial charge in [0.25, 0.3) is 0 Å². The van der Waals surface area contributed by atoms with Gasteiger partial charge in [-0.3, -0.25) is 0 Å². The molecule has 0 fully saturated rings. The number of hydrogen-bond donors (Lipinski definition) is 3. The average Bonchev–Trinajstić information content (AvgIpc) is 2.17. The Hall–Kier alpha value is -2.12. The van der Waals surface area contributed by atoms with Crippen LogP contribution in [0.5, 0.6) is 0 Å². The normalized spacial score (nSPS) is 9.67. The quantitative estimate of drug-likeness (QED) is 0.594. The second-order valence-electron chi connectivity index (χ2n) is 2.52. The number of anilines is 2. The summed E-state index contributed by atoms with van der Waals surface area (Å²) in [7, 11) is 0. The Kier molecular flexibility index (Phi) is 3.61. The molecule has 1 rings (SSSR count). The molecule has 1 heterocycles. The minimum absolute atomic E-state index is 0.0126. The third kappa shape index (κ3) is 3.63. The van der Waals surface area contributed by atoms with Crippen LogP contribution in [-0.4, -0.2) is 29.2 Å². The van der Waals surface area contributed by atoms with Crippen LogP contribution in [0, 0.1) is 5.82 Å². The zero-order valence-electron chi connectivity index (χ0n) is 7.74. The number of nitrogens with zero attached hydrogens (tertiary/aromatic N) is 2. The lowest BCUT2D eigenvalue weighted by atomic mass is 10.5. The van der Waals surface area contributed by atoms with E-state index in [1.165, 1.54) is 0 Å². The van der Waals surface area contributed by atoms with Gasteiger partial charge in [0, 0.05) is 0 Å². The molecule has 0 saturated carbocycles. The number of carbonyl (C=O) groups excluding carboxylic acids is 1. The van der Waals surface area contributed by atoms with E-state index >= 15 is 0 Å². The van der Waals surface area contributed by atoms with E-state index in [-0.39, 0.29) is 24.9 Å². The molecule has 82 valence electrons. The van der Waals surface area contributed by atoms with Crippen LogP contribution in [0.4, 0.5) is 21.0 Å². The highest BCUT2D eigenvalue weighted by Gasteiger charge is 2.04. The number of nitrogen functional groups attached to an aromatic ring is 1. The van der Waals surface area contributed by atoms with Crippen LogP contribution in [0.3, 0.4) is 0 Å². The molecule has 0 radical (unpaired) electrons. The topological polar surface area (TPSA) is 116 Å². The van der Waals surface area contributed by atoms with Crippen LogP contribution < -0.4 is 16.8 Å². The third-order valence-corrected chi connectivity index (χ3v) is 1.40. The van der Waals surface area contributed by atoms with E-state index in [9.17, 15) is 9.18 Å². The van der Waals surface area contributed by atoms with Crippen molar-refractivity contribution in [1.29, 1.82) is 0 Å². The number of nitrogens with two attached hydrogens (primary N) is 2. The lowest BCUT2D eigenvalue weighted by molar-refractivity contribution is 0.161. The fourth-order valence-electron chi connectivity index (χ4n) is 0.826. The predicted octanol–water partition coefficient (Wildman–Crippen LogP) is -0.295. The molecule has 7 nitrogen and oxygen atoms in total. The molecule has 0 atom stereocenters. The molecule has 0 aliphatic heterocycles. The maximum Gasteiger partial charge on any atom is 0.404 e. The van der Waals surface area contributed by atoms with Crippen LogP contribution in [0.15, 0.2) is 6.20 Å². The smallest absolute Gasteiger partial charge is 0.404 e. The van der Waals surface area contributed by atoms with Gasteiger partial charge in [-0.1, -0.05) is 0 Å². The second kappa shape index (κ2) is 4.94. The van der Waals surface area contributed by atoms with E-state index in [4.69, 9.17) is 11.5 Å². The molecular formula is C7H10FN5O2. The van der Waals surface area contributed by atoms with Crippen molar-refractivity contribution in [3.05, 3.63) is 12.0 Å². The van der Waals surface area contributed by atoms with Gasteiger partial charge in [0.15, 0.2) is 11.6 Å². The summed E-state index contributed by atoms with van der Waals surface area (Å²) in [6, 6.07) is 0. The molecule has 0 unspecified atom stereocenters. The monoisotopic (exact) mass is 215 g/mol. The maximum absolute atomic E-state index is 13.0. The Labute approximate surface area is 84.6 Å². The molecular weight excluding hydrogens is 205 g/mol. The first kappa shape index (κ1) is 11.0. The summed E-state index contributed by atoms with van der Waals surface area (Å²) in [5.41, 5.74) is 9.96. The first-order valence-electron chi connectivity index (χ1n) is 4.03. The molecule has 8 heteroatoms. The molecule has 15 heavy (non-hydrogen) atoms. The van der Waals surface area contributed by atoms with E-state index in [2.05, 4.69) is 20.0 Å². The number of hydrogen-bond acceptors (Lipinski definition) is 6. The first-order chi connectivity index (χ1) is 7.09. The summed E-state index contributed by atoms with van der Waals surface area (Å²) in [6.45, 7) is 0.189. The summed E-state index contributed by atoms with van der Waals surface area (Å²) in [5, 5.41) is 2.57. The van der Waals surface area contributed by atoms with Crippen LogP contribution in [0.2, 0.25) is 0 Å². The van der Waals surface area contributed by atoms with Crippen molar-refractivity contribution >= 4 is 17.9 Å². The van der Waals surface area contributed by atoms with Gasteiger partial charge in [-0.15, -0.1) is 0 Å². The number of primary amides is 1. The van der Waals surface area contributed by atoms with Crippen LogP contribution in [0.1, 0.15) is 0 Å². The SMILES string of the molecule is NC(=O)OCCNc1nc(N)ncc1F. The van der Waals surface area contributed by atoms with Crippen molar-refractivity contribution < 1.29 is 13.9 Å². The Morgan fingerprint density at radius 2 is 2.40 bits per heavy atom. The number of rotatable bonds is 4. The van der Waals surface area contributed by atoms with E-state index < -0.39 is 11.9 Å². The van der Waals surface area contributed by atoms with Crippen molar-refractivity contribution in [2.24, 2.45) is 5.73 Å². The van der Waals surface area contributed by atoms with E-state index in [0.717, 1.165) is 6.20 Å². The largest absolute Gasteiger partial charge is 0.448 e. The van der Waals surface area contributed by atoms with Gasteiger partial charge in [-0.2, -0.15) is 4.98 Å². The first-order valence-corrected chi connectivity index (χ1v) is 4.03. The highest BCUT2D eigenvalue weighted by atomic mass is 19.1. The molecule has 1 aromatic rings. The van der Waals surface area contributed by atoms with Gasteiger partial charge in [0.2, 0.25) is 5.95 Å². The Bertz CT molecular complexity index is 359. The number of nitrogens with one attached hydrogen (secondary N) is 1. The predicted molar refractivity (Wildman–Crippen MR) is 50.4 cm³/mol. The molecule has 0 aliphatic rings. The van der Waals surface area contributed by atoms with Crippen molar-refractivity contribution in [3.63, 3.8) is 0 Å². The molecule has 5 N–H and O–H groups in total. The zero-order valence-corrected chi connectivity index (χ0v) is 7.74. The molecule has 0 aliphatic carbocycles. The average molecular weight is 215 g/mol. The minimum Gasteiger partial charge on any atom is -0.448 e. The van der Waals surface area contributed by atoms with Gasteiger partial charge in [-0.25, -0.2) is 14.2 Å². The Morgan fingerprint density at radius 3 is 3.07 bits per heavy atom. The molecule has 1 amide bonds. The van der Waals surface area contributed by atoms with Gasteiger partial charge < -0.3 is 21.5 Å². The van der Waals surface area contributed by atoms with Crippen LogP contribution in [0.25, 0.3) is 0 Å². The second-order valence-corrected chi connectivity index (χ2v) is 2.52. The van der Waals surface area contributed by atoms with E-state index in [0.29, 0.717) is 0 Å². The van der Waals surface area contributed by atoms with E-state index in [1.54, 1.807) is 0 Å². The fraction of sp³-hybridized carbons (Fsp3) is 0.286. The fourth-order valence-corrected chi connectivity index (χ4v) is 0.826. The van der Waals surface area contributed by atoms with Crippen LogP contribution in [-0.2, 0) is 4.74 Å². The summed E-state index contributed by atoms with van der Waals surface area (Å²) in [4.78, 5) is 17.2. The standard InChI is InChI=1S/C7H10FN5O2/c8-4-3-12-6(9)13-5(4)11-1-2-15-7(10)14/h3H,1-2H2,(H2,10,14)(H3,9,11,12,13). The minimum atomic E-state index is -0.889. The number of carbonyl (C=O) groups is 1. The van der Waals surface area contributed by atoms with Crippen molar-refractivity contribution in [1.82, 2.24) is 9.97 Å². The van der Waals surface area contributed by atoms with Gasteiger partial charge in [-0.05, 0) is 0 Å². The third-order valence-electron chi connectivity index (χ3n) is 1.40. The van der Waals surface area contributed by atoms with Crippen molar-refractivity contribution in [3.8, 4) is 0 Å². The Morgan fingerprint density at radius 1 is 1.67 bits per heavy atom. The molecule has 0 bridgehead atoms. The highest BCUT2D eigenvalue weighted by Crippen LogP contribution is 2.09. The Balaban J connectivity index is 2.43. The van der Waals surface area contributed by atoms with Crippen LogP contribution >= 0.6 is 0 Å². The number of aromatic nitrogens is 2. The van der Waals surface area contributed by atoms with Gasteiger partial charge in [0.05, 0.1) is 12.7 Å². The molecule has 0 spiro atoms. The van der Waals surface area contributed by atoms with Gasteiger partial charge >= 0.3 is 6.09 Å². The molecule has 0 aromatic carbocycles. The summed E-state index contributed by atoms with van der Waals surface area (Å²) in [5.74, 6) is -0.728. The maximum atomic E-state index is 13.0. The molecule has 1 aromatic heterocycles. The zero-order chi connectivity index (χ0) is 11.3. The summed E-state index contributed by atoms with van der Waals surface area (Å²) >= 11 is 0. The summed E-state index contributed by atoms with van der Waals surface area (Å²) < 4.78 is 17.4. The summed E-state index contributed by atoms with van der Waals surface area (Å²) in [6.07, 6.45) is 0.0547.